The van der Waals surface area contributed by atoms with Crippen LogP contribution in [-0.2, 0) is 22.3 Å². The summed E-state index contributed by atoms with van der Waals surface area (Å²) in [6, 6.07) is 0. The van der Waals surface area contributed by atoms with E-state index in [1.807, 2.05) is 0 Å². The molecule has 0 aromatic heterocycles. The molecule has 13 nitrogen and oxygen atoms in total. The minimum atomic E-state index is -5.46. The highest BCUT2D eigenvalue weighted by atomic mass is 31.3. The zero-order valence-electron chi connectivity index (χ0n) is 7.42. The first kappa shape index (κ1) is 19.0. The van der Waals surface area contributed by atoms with Gasteiger partial charge in [0.15, 0.2) is 0 Å². The molecule has 0 aromatic carbocycles. The molecule has 7 N–H and O–H groups in total. The van der Waals surface area contributed by atoms with Gasteiger partial charge in [-0.2, -0.15) is 8.62 Å². The summed E-state index contributed by atoms with van der Waals surface area (Å²) in [4.78, 5) is 48.8. The largest absolute Gasteiger partial charge is 0.503 e. The van der Waals surface area contributed by atoms with Gasteiger partial charge in [-0.25, -0.2) is 18.5 Å². The molecule has 0 unspecified atom stereocenters. The van der Waals surface area contributed by atoms with E-state index in [1.54, 1.807) is 0 Å². The van der Waals surface area contributed by atoms with Crippen LogP contribution in [-0.4, -0.2) is 40.8 Å². The molecule has 0 atom stereocenters. The van der Waals surface area contributed by atoms with Crippen LogP contribution in [0.5, 0.6) is 0 Å². The predicted molar refractivity (Wildman–Crippen MR) is 46.7 cm³/mol. The van der Waals surface area contributed by atoms with E-state index in [4.69, 9.17) is 39.5 Å². The number of rotatable bonds is 4. The van der Waals surface area contributed by atoms with E-state index >= 15 is 0 Å². The van der Waals surface area contributed by atoms with Gasteiger partial charge in [0, 0.05) is 0 Å². The number of phosphoric acid groups is 3. The molecular formula is CH7O13P3. The highest BCUT2D eigenvalue weighted by Gasteiger charge is 2.38. The fraction of sp³-hybridized carbons (Fsp3) is 0. The van der Waals surface area contributed by atoms with E-state index in [1.165, 1.54) is 0 Å². The molecule has 0 fully saturated rings. The van der Waals surface area contributed by atoms with E-state index in [0.717, 1.165) is 0 Å². The molecule has 17 heavy (non-hydrogen) atoms. The standard InChI is InChI=1S/CH2O3.H5O10P3/c2-1(3)4;1-11(2,3)9-13(7,8)10-12(4,5)6/h(H2,2,3,4);(H,7,8)(H2,1,2,3)(H2,4,5,6). The second-order valence-corrected chi connectivity index (χ2v) is 6.10. The van der Waals surface area contributed by atoms with Gasteiger partial charge in [-0.05, 0) is 0 Å². The van der Waals surface area contributed by atoms with Crippen LogP contribution in [0.1, 0.15) is 0 Å². The fourth-order valence-corrected chi connectivity index (χ4v) is 2.82. The lowest BCUT2D eigenvalue weighted by Gasteiger charge is -2.11. The number of carbonyl (C=O) groups is 1. The normalized spacial score (nSPS) is 12.5. The highest BCUT2D eigenvalue weighted by molar-refractivity contribution is 7.66. The summed E-state index contributed by atoms with van der Waals surface area (Å²) < 4.78 is 36.4. The molecule has 0 radical (unpaired) electrons. The van der Waals surface area contributed by atoms with Crippen LogP contribution in [0.25, 0.3) is 0 Å². The predicted octanol–water partition coefficient (Wildman–Crippen LogP) is -0.472. The van der Waals surface area contributed by atoms with Crippen LogP contribution in [0, 0.1) is 0 Å². The van der Waals surface area contributed by atoms with Gasteiger partial charge in [-0.3, -0.25) is 0 Å². The monoisotopic (exact) mass is 320 g/mol. The summed E-state index contributed by atoms with van der Waals surface area (Å²) in [6.07, 6.45) is -1.83. The molecule has 0 aliphatic carbocycles. The smallest absolute Gasteiger partial charge is 0.450 e. The summed E-state index contributed by atoms with van der Waals surface area (Å²) in [5.74, 6) is 0. The Kier molecular flexibility index (Phi) is 7.35. The van der Waals surface area contributed by atoms with E-state index in [9.17, 15) is 13.7 Å². The SMILES string of the molecule is O=C(O)O.O=P(O)(O)OP(=O)(O)OP(=O)(O)O. The van der Waals surface area contributed by atoms with Crippen molar-refractivity contribution in [2.24, 2.45) is 0 Å². The van der Waals surface area contributed by atoms with E-state index in [2.05, 4.69) is 8.62 Å². The Balaban J connectivity index is 0. The van der Waals surface area contributed by atoms with Crippen LogP contribution in [0.15, 0.2) is 0 Å². The van der Waals surface area contributed by atoms with Crippen molar-refractivity contribution in [2.75, 3.05) is 0 Å². The summed E-state index contributed by atoms with van der Waals surface area (Å²) in [6.45, 7) is 0. The number of hydrogen-bond donors (Lipinski definition) is 7. The molecule has 0 aliphatic heterocycles. The maximum absolute atomic E-state index is 10.4. The Hall–Kier alpha value is -0.320. The molecule has 0 saturated carbocycles. The Labute approximate surface area is 92.3 Å². The van der Waals surface area contributed by atoms with Gasteiger partial charge in [0.25, 0.3) is 0 Å². The molecule has 104 valence electrons. The molecule has 0 spiro atoms. The molecule has 0 saturated heterocycles. The highest BCUT2D eigenvalue weighted by Crippen LogP contribution is 2.64. The van der Waals surface area contributed by atoms with Crippen molar-refractivity contribution in [3.63, 3.8) is 0 Å². The molecule has 0 rings (SSSR count). The van der Waals surface area contributed by atoms with Crippen molar-refractivity contribution in [1.29, 1.82) is 0 Å². The molecule has 0 aromatic rings. The van der Waals surface area contributed by atoms with Gasteiger partial charge < -0.3 is 34.7 Å². The van der Waals surface area contributed by atoms with Crippen LogP contribution in [0.3, 0.4) is 0 Å². The van der Waals surface area contributed by atoms with E-state index < -0.39 is 29.6 Å². The van der Waals surface area contributed by atoms with Crippen LogP contribution >= 0.6 is 23.5 Å². The maximum atomic E-state index is 10.4. The number of carboxylic acid groups (broad SMARTS) is 2. The average Bonchev–Trinajstić information content (AvgIpc) is 1.68. The lowest BCUT2D eigenvalue weighted by atomic mass is 11.5. The zero-order chi connectivity index (χ0) is 14.5. The van der Waals surface area contributed by atoms with Crippen molar-refractivity contribution < 1.29 is 61.8 Å². The molecule has 0 bridgehead atoms. The van der Waals surface area contributed by atoms with Crippen molar-refractivity contribution in [3.8, 4) is 0 Å². The van der Waals surface area contributed by atoms with Gasteiger partial charge in [0.1, 0.15) is 0 Å². The Morgan fingerprint density at radius 1 is 0.765 bits per heavy atom. The molecular weight excluding hydrogens is 313 g/mol. The lowest BCUT2D eigenvalue weighted by Crippen LogP contribution is -1.91. The summed E-state index contributed by atoms with van der Waals surface area (Å²) in [5, 5.41) is 13.9. The first-order chi connectivity index (χ1) is 7.15. The van der Waals surface area contributed by atoms with Crippen LogP contribution < -0.4 is 0 Å². The third kappa shape index (κ3) is 21.5. The number of hydrogen-bond acceptors (Lipinski definition) is 6. The third-order valence-corrected chi connectivity index (χ3v) is 3.77. The molecule has 0 amide bonds. The topological polar surface area (TPSA) is 228 Å². The molecule has 0 heterocycles. The van der Waals surface area contributed by atoms with Gasteiger partial charge in [0.2, 0.25) is 0 Å². The fourth-order valence-electron chi connectivity index (χ4n) is 0.284. The minimum Gasteiger partial charge on any atom is -0.450 e. The van der Waals surface area contributed by atoms with Crippen molar-refractivity contribution in [1.82, 2.24) is 0 Å². The minimum absolute atomic E-state index is 1.83. The first-order valence-corrected chi connectivity index (χ1v) is 7.49. The second-order valence-electron chi connectivity index (χ2n) is 1.90. The average molecular weight is 320 g/mol. The maximum Gasteiger partial charge on any atom is 0.503 e. The Bertz CT molecular complexity index is 349. The quantitative estimate of drug-likeness (QED) is 0.325. The Morgan fingerprint density at radius 3 is 1.06 bits per heavy atom. The Morgan fingerprint density at radius 2 is 0.941 bits per heavy atom. The van der Waals surface area contributed by atoms with Gasteiger partial charge in [-0.1, -0.05) is 0 Å². The molecule has 0 aliphatic rings. The van der Waals surface area contributed by atoms with Crippen LogP contribution in [0.2, 0.25) is 0 Å². The van der Waals surface area contributed by atoms with Gasteiger partial charge >= 0.3 is 29.6 Å². The van der Waals surface area contributed by atoms with E-state index in [0.29, 0.717) is 0 Å². The van der Waals surface area contributed by atoms with Crippen LogP contribution in [0.4, 0.5) is 4.79 Å². The summed E-state index contributed by atoms with van der Waals surface area (Å²) in [5.41, 5.74) is 0. The molecule has 16 heteroatoms. The van der Waals surface area contributed by atoms with Gasteiger partial charge in [-0.15, -0.1) is 0 Å². The second kappa shape index (κ2) is 6.57. The lowest BCUT2D eigenvalue weighted by molar-refractivity contribution is 0.136. The van der Waals surface area contributed by atoms with E-state index in [-0.39, 0.29) is 0 Å². The van der Waals surface area contributed by atoms with Gasteiger partial charge in [0.05, 0.1) is 0 Å². The summed E-state index contributed by atoms with van der Waals surface area (Å²) >= 11 is 0. The third-order valence-electron chi connectivity index (χ3n) is 0.419. The van der Waals surface area contributed by atoms with Crippen molar-refractivity contribution in [3.05, 3.63) is 0 Å². The zero-order valence-corrected chi connectivity index (χ0v) is 10.1. The summed E-state index contributed by atoms with van der Waals surface area (Å²) in [7, 11) is -16.2. The van der Waals surface area contributed by atoms with Crippen molar-refractivity contribution >= 4 is 29.6 Å². The van der Waals surface area contributed by atoms with Crippen molar-refractivity contribution in [2.45, 2.75) is 0 Å². The first-order valence-electron chi connectivity index (χ1n) is 2.93.